The fraction of sp³-hybridized carbons (Fsp3) is 0.412. The molecule has 4 heterocycles. The zero-order chi connectivity index (χ0) is 26.7. The van der Waals surface area contributed by atoms with Crippen molar-refractivity contribution in [2.45, 2.75) is 29.7 Å². The number of fused-ring (bicyclic) bond motifs is 1. The van der Waals surface area contributed by atoms with Crippen LogP contribution in [0.3, 0.4) is 0 Å². The Balaban J connectivity index is 1.49. The highest BCUT2D eigenvalue weighted by Crippen LogP contribution is 2.41. The van der Waals surface area contributed by atoms with Crippen molar-refractivity contribution < 1.29 is 38.2 Å². The summed E-state index contributed by atoms with van der Waals surface area (Å²) in [6.07, 6.45) is 0. The molecule has 0 bridgehead atoms. The summed E-state index contributed by atoms with van der Waals surface area (Å²) in [5.41, 5.74) is 4.99. The molecule has 20 heteroatoms. The highest BCUT2D eigenvalue weighted by Gasteiger charge is 2.54. The van der Waals surface area contributed by atoms with Gasteiger partial charge in [0.25, 0.3) is 11.8 Å². The van der Waals surface area contributed by atoms with Gasteiger partial charge >= 0.3 is 12.6 Å². The lowest BCUT2D eigenvalue weighted by molar-refractivity contribution is -0.150. The minimum absolute atomic E-state index is 0.0494. The van der Waals surface area contributed by atoms with Gasteiger partial charge in [0.1, 0.15) is 22.8 Å². The van der Waals surface area contributed by atoms with Crippen molar-refractivity contribution in [3.63, 3.8) is 0 Å². The SMILES string of the molecule is Nc1nc(C(=NOC(F)F)C(=O)NC2C(=O)N3C(C(=O)O)=C(CSc4nnnn4CCO)CS[C@H]23)cs1. The van der Waals surface area contributed by atoms with E-state index in [0.29, 0.717) is 10.7 Å². The number of alkyl halides is 2. The molecule has 37 heavy (non-hydrogen) atoms. The van der Waals surface area contributed by atoms with E-state index >= 15 is 0 Å². The van der Waals surface area contributed by atoms with Crippen LogP contribution >= 0.6 is 34.9 Å². The van der Waals surface area contributed by atoms with Crippen molar-refractivity contribution in [2.75, 3.05) is 23.8 Å². The number of amides is 2. The largest absolute Gasteiger partial charge is 0.477 e. The van der Waals surface area contributed by atoms with Crippen molar-refractivity contribution in [2.24, 2.45) is 5.16 Å². The number of oxime groups is 1. The second-order valence-corrected chi connectivity index (χ2v) is 10.1. The molecule has 198 valence electrons. The van der Waals surface area contributed by atoms with Crippen LogP contribution in [-0.4, -0.2) is 99.9 Å². The van der Waals surface area contributed by atoms with E-state index in [9.17, 15) is 28.3 Å². The van der Waals surface area contributed by atoms with Crippen LogP contribution in [0.15, 0.2) is 27.0 Å². The molecule has 2 amide bonds. The van der Waals surface area contributed by atoms with Gasteiger partial charge in [0.15, 0.2) is 10.8 Å². The van der Waals surface area contributed by atoms with Gasteiger partial charge in [-0.05, 0) is 16.0 Å². The number of carboxylic acid groups (broad SMARTS) is 1. The Morgan fingerprint density at radius 2 is 2.22 bits per heavy atom. The van der Waals surface area contributed by atoms with Gasteiger partial charge in [-0.1, -0.05) is 16.9 Å². The first-order valence-electron chi connectivity index (χ1n) is 10.1. The van der Waals surface area contributed by atoms with E-state index in [4.69, 9.17) is 10.8 Å². The van der Waals surface area contributed by atoms with Crippen molar-refractivity contribution in [1.82, 2.24) is 35.4 Å². The van der Waals surface area contributed by atoms with Crippen LogP contribution in [0.25, 0.3) is 0 Å². The summed E-state index contributed by atoms with van der Waals surface area (Å²) in [4.78, 5) is 46.5. The van der Waals surface area contributed by atoms with E-state index in [1.807, 2.05) is 0 Å². The first-order chi connectivity index (χ1) is 17.7. The van der Waals surface area contributed by atoms with Gasteiger partial charge in [0, 0.05) is 16.9 Å². The molecular formula is C17H17F2N9O6S3. The van der Waals surface area contributed by atoms with Gasteiger partial charge in [-0.25, -0.2) is 14.5 Å². The summed E-state index contributed by atoms with van der Waals surface area (Å²) < 4.78 is 26.4. The zero-order valence-electron chi connectivity index (χ0n) is 18.4. The van der Waals surface area contributed by atoms with Gasteiger partial charge in [-0.15, -0.1) is 28.2 Å². The first-order valence-corrected chi connectivity index (χ1v) is 13.1. The standard InChI is InChI=1S/C17H17F2N9O6S3/c18-15(19)34-24-8(7-5-36-16(20)21-7)11(30)22-9-12(31)28-10(14(32)33)6(3-35-13(9)28)4-37-17-23-25-26-27(17)1-2-29/h5,9,13,15,29H,1-4H2,(H2,20,21)(H,22,30)(H,32,33)/t9?,13-/m1/s1. The number of carbonyl (C=O) groups is 3. The fourth-order valence-electron chi connectivity index (χ4n) is 3.38. The smallest absolute Gasteiger partial charge is 0.407 e. The third kappa shape index (κ3) is 5.65. The van der Waals surface area contributed by atoms with Crippen molar-refractivity contribution in [1.29, 1.82) is 0 Å². The van der Waals surface area contributed by atoms with E-state index in [2.05, 4.69) is 35.8 Å². The van der Waals surface area contributed by atoms with E-state index in [0.717, 1.165) is 28.0 Å². The maximum Gasteiger partial charge on any atom is 0.407 e. The van der Waals surface area contributed by atoms with E-state index < -0.39 is 41.5 Å². The number of aliphatic hydroxyl groups is 1. The lowest BCUT2D eigenvalue weighted by atomic mass is 10.0. The molecule has 1 fully saturated rings. The number of carbonyl (C=O) groups excluding carboxylic acids is 2. The number of nitrogens with two attached hydrogens (primary N) is 1. The highest BCUT2D eigenvalue weighted by atomic mass is 32.2. The summed E-state index contributed by atoms with van der Waals surface area (Å²) in [5.74, 6) is -2.69. The molecule has 0 saturated carbocycles. The van der Waals surface area contributed by atoms with Crippen LogP contribution in [0.1, 0.15) is 5.69 Å². The molecule has 2 aromatic heterocycles. The van der Waals surface area contributed by atoms with Crippen LogP contribution < -0.4 is 11.1 Å². The third-order valence-electron chi connectivity index (χ3n) is 4.93. The number of rotatable bonds is 11. The number of halogens is 2. The molecule has 2 aliphatic rings. The highest BCUT2D eigenvalue weighted by molar-refractivity contribution is 8.01. The molecule has 0 aromatic carbocycles. The number of hydrogen-bond donors (Lipinski definition) is 4. The number of nitrogen functional groups attached to an aromatic ring is 1. The summed E-state index contributed by atoms with van der Waals surface area (Å²) in [6.45, 7) is -3.34. The number of nitrogens with one attached hydrogen (secondary N) is 1. The summed E-state index contributed by atoms with van der Waals surface area (Å²) in [6, 6.07) is -1.15. The minimum atomic E-state index is -3.30. The minimum Gasteiger partial charge on any atom is -0.477 e. The van der Waals surface area contributed by atoms with E-state index in [1.165, 1.54) is 21.8 Å². The molecule has 1 unspecified atom stereocenters. The Kier molecular flexibility index (Phi) is 8.19. The number of aliphatic hydroxyl groups excluding tert-OH is 1. The second kappa shape index (κ2) is 11.4. The number of tetrazole rings is 1. The van der Waals surface area contributed by atoms with Crippen molar-refractivity contribution >= 4 is 63.5 Å². The average molecular weight is 578 g/mol. The molecule has 0 aliphatic carbocycles. The molecule has 2 aliphatic heterocycles. The molecule has 0 radical (unpaired) electrons. The Hall–Kier alpha value is -3.36. The van der Waals surface area contributed by atoms with Crippen molar-refractivity contribution in [3.8, 4) is 0 Å². The van der Waals surface area contributed by atoms with Crippen LogP contribution in [0.4, 0.5) is 13.9 Å². The maximum atomic E-state index is 12.9. The molecule has 4 rings (SSSR count). The lowest BCUT2D eigenvalue weighted by Crippen LogP contribution is -2.71. The lowest BCUT2D eigenvalue weighted by Gasteiger charge is -2.49. The van der Waals surface area contributed by atoms with Gasteiger partial charge < -0.3 is 26.1 Å². The molecule has 1 saturated heterocycles. The van der Waals surface area contributed by atoms with Gasteiger partial charge in [0.05, 0.1) is 13.2 Å². The Labute approximate surface area is 218 Å². The number of thioether (sulfide) groups is 2. The topological polar surface area (TPSA) is 211 Å². The summed E-state index contributed by atoms with van der Waals surface area (Å²) in [7, 11) is 0. The van der Waals surface area contributed by atoms with Gasteiger partial charge in [0.2, 0.25) is 5.16 Å². The Morgan fingerprint density at radius 1 is 1.43 bits per heavy atom. The average Bonchev–Trinajstić information content (AvgIpc) is 3.49. The number of carboxylic acids is 1. The molecule has 0 spiro atoms. The predicted molar refractivity (Wildman–Crippen MR) is 125 cm³/mol. The normalized spacial score (nSPS) is 19.6. The summed E-state index contributed by atoms with van der Waals surface area (Å²) >= 11 is 3.29. The van der Waals surface area contributed by atoms with Crippen LogP contribution in [0, 0.1) is 0 Å². The van der Waals surface area contributed by atoms with Crippen LogP contribution in [-0.2, 0) is 25.8 Å². The van der Waals surface area contributed by atoms with Crippen molar-refractivity contribution in [3.05, 3.63) is 22.3 Å². The first kappa shape index (κ1) is 26.7. The number of β-lactam (4-membered cyclic amide) rings is 1. The van der Waals surface area contributed by atoms with Crippen LogP contribution in [0.5, 0.6) is 0 Å². The third-order valence-corrected chi connectivity index (χ3v) is 7.98. The summed E-state index contributed by atoms with van der Waals surface area (Å²) in [5, 5.41) is 36.5. The quantitative estimate of drug-likeness (QED) is 0.111. The Morgan fingerprint density at radius 3 is 2.86 bits per heavy atom. The van der Waals surface area contributed by atoms with Crippen LogP contribution in [0.2, 0.25) is 0 Å². The number of nitrogens with zero attached hydrogens (tertiary/aromatic N) is 7. The number of aromatic nitrogens is 5. The number of thiazole rings is 1. The Bertz CT molecular complexity index is 1270. The second-order valence-electron chi connectivity index (χ2n) is 7.19. The maximum absolute atomic E-state index is 12.9. The zero-order valence-corrected chi connectivity index (χ0v) is 20.8. The van der Waals surface area contributed by atoms with E-state index in [-0.39, 0.29) is 41.2 Å². The fourth-order valence-corrected chi connectivity index (χ4v) is 6.32. The number of hydrogen-bond acceptors (Lipinski definition) is 14. The number of aliphatic carboxylic acids is 1. The molecule has 2 aromatic rings. The van der Waals surface area contributed by atoms with Gasteiger partial charge in [-0.2, -0.15) is 8.78 Å². The molecular weight excluding hydrogens is 560 g/mol. The van der Waals surface area contributed by atoms with E-state index in [1.54, 1.807) is 0 Å². The van der Waals surface area contributed by atoms with Gasteiger partial charge in [-0.3, -0.25) is 14.5 Å². The molecule has 2 atom stereocenters. The number of anilines is 1. The molecule has 5 N–H and O–H groups in total. The monoisotopic (exact) mass is 577 g/mol. The molecule has 15 nitrogen and oxygen atoms in total. The predicted octanol–water partition coefficient (Wildman–Crippen LogP) is -0.822.